The van der Waals surface area contributed by atoms with Gasteiger partial charge in [0.1, 0.15) is 17.2 Å². The molecule has 3 heterocycles. The zero-order chi connectivity index (χ0) is 18.7. The topological polar surface area (TPSA) is 40.2 Å². The number of fused-ring (bicyclic) bond motifs is 7. The highest BCUT2D eigenvalue weighted by Crippen LogP contribution is 2.40. The first-order valence-electron chi connectivity index (χ1n) is 9.19. The van der Waals surface area contributed by atoms with Gasteiger partial charge in [0, 0.05) is 33.8 Å². The summed E-state index contributed by atoms with van der Waals surface area (Å²) in [4.78, 5) is 4.62. The summed E-state index contributed by atoms with van der Waals surface area (Å²) in [5.74, 6) is 1.66. The van der Waals surface area contributed by atoms with Crippen LogP contribution < -0.4 is 4.74 Å². The van der Waals surface area contributed by atoms with Crippen molar-refractivity contribution in [2.24, 2.45) is 0 Å². The number of aromatic nitrogens is 2. The lowest BCUT2D eigenvalue weighted by molar-refractivity contribution is 0.415. The van der Waals surface area contributed by atoms with Crippen LogP contribution in [-0.4, -0.2) is 16.7 Å². The van der Waals surface area contributed by atoms with Gasteiger partial charge in [-0.25, -0.2) is 4.98 Å². The standard InChI is InChI=1S/C24H16N2O2/c1-27-15-9-10-16-18-11-12-19-17-6-2-3-7-21(17)28-24(19)23(18)26(20(16)14-15)22-8-4-5-13-25-22/h2-14H,1H3. The molecule has 0 saturated heterocycles. The Morgan fingerprint density at radius 2 is 1.64 bits per heavy atom. The van der Waals surface area contributed by atoms with Crippen molar-refractivity contribution >= 4 is 43.7 Å². The molecule has 0 aliphatic carbocycles. The summed E-state index contributed by atoms with van der Waals surface area (Å²) in [6.07, 6.45) is 1.81. The number of hydrogen-bond donors (Lipinski definition) is 0. The van der Waals surface area contributed by atoms with Crippen molar-refractivity contribution in [2.75, 3.05) is 7.11 Å². The van der Waals surface area contributed by atoms with E-state index >= 15 is 0 Å². The van der Waals surface area contributed by atoms with Crippen LogP contribution in [0.15, 0.2) is 83.4 Å². The molecular formula is C24H16N2O2. The number of furan rings is 1. The molecular weight excluding hydrogens is 348 g/mol. The molecule has 0 aliphatic rings. The molecule has 0 amide bonds. The second-order valence-electron chi connectivity index (χ2n) is 6.84. The number of methoxy groups -OCH3 is 1. The number of para-hydroxylation sites is 1. The van der Waals surface area contributed by atoms with Gasteiger partial charge in [-0.1, -0.05) is 30.3 Å². The Balaban J connectivity index is 1.89. The summed E-state index contributed by atoms with van der Waals surface area (Å²) in [7, 11) is 1.69. The van der Waals surface area contributed by atoms with Crippen LogP contribution in [0, 0.1) is 0 Å². The predicted molar refractivity (Wildman–Crippen MR) is 112 cm³/mol. The van der Waals surface area contributed by atoms with Crippen LogP contribution in [0.4, 0.5) is 0 Å². The second kappa shape index (κ2) is 5.60. The van der Waals surface area contributed by atoms with E-state index in [1.165, 1.54) is 0 Å². The van der Waals surface area contributed by atoms with Crippen molar-refractivity contribution in [1.82, 2.24) is 9.55 Å². The van der Waals surface area contributed by atoms with Crippen molar-refractivity contribution in [3.05, 3.63) is 79.0 Å². The Labute approximate surface area is 160 Å². The molecule has 0 spiro atoms. The van der Waals surface area contributed by atoms with Gasteiger partial charge in [-0.15, -0.1) is 0 Å². The van der Waals surface area contributed by atoms with Crippen LogP contribution in [0.3, 0.4) is 0 Å². The van der Waals surface area contributed by atoms with Crippen LogP contribution in [-0.2, 0) is 0 Å². The van der Waals surface area contributed by atoms with Crippen LogP contribution >= 0.6 is 0 Å². The molecule has 0 unspecified atom stereocenters. The molecule has 0 saturated carbocycles. The molecule has 6 aromatic rings. The number of benzene rings is 3. The number of pyridine rings is 1. The maximum absolute atomic E-state index is 6.33. The van der Waals surface area contributed by atoms with Crippen LogP contribution in [0.5, 0.6) is 5.75 Å². The van der Waals surface area contributed by atoms with Gasteiger partial charge in [-0.05, 0) is 36.4 Å². The highest BCUT2D eigenvalue weighted by Gasteiger charge is 2.19. The Morgan fingerprint density at radius 1 is 0.821 bits per heavy atom. The van der Waals surface area contributed by atoms with E-state index in [0.29, 0.717) is 0 Å². The molecule has 3 aromatic heterocycles. The molecule has 0 aliphatic heterocycles. The number of hydrogen-bond acceptors (Lipinski definition) is 3. The minimum Gasteiger partial charge on any atom is -0.497 e. The van der Waals surface area contributed by atoms with E-state index < -0.39 is 0 Å². The highest BCUT2D eigenvalue weighted by atomic mass is 16.5. The zero-order valence-electron chi connectivity index (χ0n) is 15.2. The highest BCUT2D eigenvalue weighted by molar-refractivity contribution is 6.21. The minimum absolute atomic E-state index is 0.813. The maximum atomic E-state index is 6.33. The first-order valence-corrected chi connectivity index (χ1v) is 9.19. The summed E-state index contributed by atoms with van der Waals surface area (Å²) in [6.45, 7) is 0. The van der Waals surface area contributed by atoms with E-state index in [9.17, 15) is 0 Å². The van der Waals surface area contributed by atoms with Gasteiger partial charge in [-0.3, -0.25) is 4.57 Å². The fourth-order valence-corrected chi connectivity index (χ4v) is 4.11. The summed E-state index contributed by atoms with van der Waals surface area (Å²) in [5, 5.41) is 4.50. The number of ether oxygens (including phenoxy) is 1. The Kier molecular flexibility index (Phi) is 3.06. The Morgan fingerprint density at radius 3 is 2.50 bits per heavy atom. The summed E-state index contributed by atoms with van der Waals surface area (Å²) < 4.78 is 14.0. The molecule has 0 bridgehead atoms. The van der Waals surface area contributed by atoms with Crippen LogP contribution in [0.1, 0.15) is 0 Å². The smallest absolute Gasteiger partial charge is 0.160 e. The van der Waals surface area contributed by atoms with Gasteiger partial charge < -0.3 is 9.15 Å². The van der Waals surface area contributed by atoms with E-state index in [2.05, 4.69) is 39.9 Å². The fourth-order valence-electron chi connectivity index (χ4n) is 4.11. The van der Waals surface area contributed by atoms with E-state index in [4.69, 9.17) is 9.15 Å². The van der Waals surface area contributed by atoms with Crippen LogP contribution in [0.2, 0.25) is 0 Å². The van der Waals surface area contributed by atoms with Crippen molar-refractivity contribution in [1.29, 1.82) is 0 Å². The molecule has 0 radical (unpaired) electrons. The number of rotatable bonds is 2. The summed E-state index contributed by atoms with van der Waals surface area (Å²) in [6, 6.07) is 24.6. The quantitative estimate of drug-likeness (QED) is 0.373. The van der Waals surface area contributed by atoms with Crippen molar-refractivity contribution in [3.63, 3.8) is 0 Å². The molecule has 0 fully saturated rings. The van der Waals surface area contributed by atoms with Crippen molar-refractivity contribution in [3.8, 4) is 11.6 Å². The first-order chi connectivity index (χ1) is 13.8. The first kappa shape index (κ1) is 15.3. The SMILES string of the molecule is COc1ccc2c3ccc4c5ccccc5oc4c3n(-c3ccccn3)c2c1. The summed E-state index contributed by atoms with van der Waals surface area (Å²) >= 11 is 0. The molecule has 3 aromatic carbocycles. The van der Waals surface area contributed by atoms with E-state index in [1.807, 2.05) is 48.7 Å². The van der Waals surface area contributed by atoms with Gasteiger partial charge in [0.15, 0.2) is 5.58 Å². The zero-order valence-corrected chi connectivity index (χ0v) is 15.2. The molecule has 134 valence electrons. The van der Waals surface area contributed by atoms with Crippen molar-refractivity contribution < 1.29 is 9.15 Å². The third-order valence-corrected chi connectivity index (χ3v) is 5.36. The van der Waals surface area contributed by atoms with Gasteiger partial charge in [-0.2, -0.15) is 0 Å². The van der Waals surface area contributed by atoms with Crippen molar-refractivity contribution in [2.45, 2.75) is 0 Å². The van der Waals surface area contributed by atoms with E-state index in [0.717, 1.165) is 55.3 Å². The van der Waals surface area contributed by atoms with Gasteiger partial charge in [0.2, 0.25) is 0 Å². The molecule has 0 N–H and O–H groups in total. The summed E-state index contributed by atoms with van der Waals surface area (Å²) in [5.41, 5.74) is 3.83. The number of nitrogens with zero attached hydrogens (tertiary/aromatic N) is 2. The minimum atomic E-state index is 0.813. The molecule has 4 heteroatoms. The average Bonchev–Trinajstić information content (AvgIpc) is 3.29. The fraction of sp³-hybridized carbons (Fsp3) is 0.0417. The lowest BCUT2D eigenvalue weighted by atomic mass is 10.1. The van der Waals surface area contributed by atoms with Gasteiger partial charge in [0.05, 0.1) is 18.1 Å². The van der Waals surface area contributed by atoms with E-state index in [-0.39, 0.29) is 0 Å². The molecule has 4 nitrogen and oxygen atoms in total. The molecule has 28 heavy (non-hydrogen) atoms. The van der Waals surface area contributed by atoms with Crippen LogP contribution in [0.25, 0.3) is 49.6 Å². The monoisotopic (exact) mass is 364 g/mol. The maximum Gasteiger partial charge on any atom is 0.160 e. The predicted octanol–water partition coefficient (Wildman–Crippen LogP) is 6.09. The largest absolute Gasteiger partial charge is 0.497 e. The normalized spacial score (nSPS) is 11.8. The van der Waals surface area contributed by atoms with E-state index in [1.54, 1.807) is 7.11 Å². The third-order valence-electron chi connectivity index (χ3n) is 5.36. The lowest BCUT2D eigenvalue weighted by Crippen LogP contribution is -1.96. The third kappa shape index (κ3) is 1.97. The average molecular weight is 364 g/mol. The van der Waals surface area contributed by atoms with Gasteiger partial charge in [0.25, 0.3) is 0 Å². The Bertz CT molecular complexity index is 1490. The second-order valence-corrected chi connectivity index (χ2v) is 6.84. The molecule has 6 rings (SSSR count). The molecule has 0 atom stereocenters. The Hall–Kier alpha value is -3.79. The lowest BCUT2D eigenvalue weighted by Gasteiger charge is -2.07. The van der Waals surface area contributed by atoms with Gasteiger partial charge >= 0.3 is 0 Å².